The number of benzene rings is 1. The van der Waals surface area contributed by atoms with Crippen LogP contribution in [0.15, 0.2) is 42.9 Å². The summed E-state index contributed by atoms with van der Waals surface area (Å²) in [6.07, 6.45) is 5.33. The molecule has 1 saturated heterocycles. The standard InChI is InChI=1S/C29H33IN6O3/c1-16-11-31-12-23-25(16)21-9-19(30)10-22(26(21)34-23)35-28(38)24-14-39-29(4,5)15-36(24)13-17(2)33-27(37)20-7-6-8-32-18(20)3/h6-12,17,24,34H,13-15H2,1-5H3,(H,33,37)(H,35,38)/t17-,24-/m0/s1. The number of carbonyl (C=O) groups excluding carboxylic acids is 2. The highest BCUT2D eigenvalue weighted by Crippen LogP contribution is 2.34. The van der Waals surface area contributed by atoms with Gasteiger partial charge in [-0.2, -0.15) is 0 Å². The molecule has 3 aromatic heterocycles. The van der Waals surface area contributed by atoms with E-state index in [2.05, 4.69) is 59.1 Å². The van der Waals surface area contributed by atoms with Crippen LogP contribution in [0.2, 0.25) is 0 Å². The summed E-state index contributed by atoms with van der Waals surface area (Å²) in [4.78, 5) is 40.7. The Morgan fingerprint density at radius 2 is 2.08 bits per heavy atom. The molecule has 1 fully saturated rings. The molecule has 2 amide bonds. The molecule has 4 aromatic rings. The third-order valence-corrected chi connectivity index (χ3v) is 7.74. The molecule has 2 atom stereocenters. The number of aromatic amines is 1. The van der Waals surface area contributed by atoms with Crippen molar-refractivity contribution >= 4 is 61.9 Å². The Morgan fingerprint density at radius 1 is 1.28 bits per heavy atom. The monoisotopic (exact) mass is 640 g/mol. The first-order chi connectivity index (χ1) is 18.5. The van der Waals surface area contributed by atoms with E-state index in [1.54, 1.807) is 18.3 Å². The van der Waals surface area contributed by atoms with Gasteiger partial charge in [0.2, 0.25) is 5.91 Å². The predicted octanol–water partition coefficient (Wildman–Crippen LogP) is 4.57. The summed E-state index contributed by atoms with van der Waals surface area (Å²) in [5, 5.41) is 8.39. The molecule has 3 N–H and O–H groups in total. The SMILES string of the molecule is Cc1ncccc1C(=O)N[C@@H](C)CN1CC(C)(C)OC[C@H]1C(=O)Nc1cc(I)cc2c1[nH]c1cncc(C)c12. The maximum atomic E-state index is 13.7. The summed E-state index contributed by atoms with van der Waals surface area (Å²) >= 11 is 2.28. The number of nitrogens with zero attached hydrogens (tertiary/aromatic N) is 3. The lowest BCUT2D eigenvalue weighted by Crippen LogP contribution is -2.60. The summed E-state index contributed by atoms with van der Waals surface area (Å²) in [5.74, 6) is -0.324. The molecule has 0 aliphatic carbocycles. The summed E-state index contributed by atoms with van der Waals surface area (Å²) in [7, 11) is 0. The van der Waals surface area contributed by atoms with Crippen molar-refractivity contribution in [2.45, 2.75) is 52.3 Å². The number of anilines is 1. The van der Waals surface area contributed by atoms with Gasteiger partial charge in [0.15, 0.2) is 0 Å². The minimum Gasteiger partial charge on any atom is -0.372 e. The first-order valence-corrected chi connectivity index (χ1v) is 14.1. The van der Waals surface area contributed by atoms with Gasteiger partial charge in [0.05, 0.1) is 40.7 Å². The van der Waals surface area contributed by atoms with E-state index in [1.807, 2.05) is 53.1 Å². The number of hydrogen-bond donors (Lipinski definition) is 3. The maximum Gasteiger partial charge on any atom is 0.253 e. The molecule has 1 aliphatic heterocycles. The number of halogens is 1. The fourth-order valence-corrected chi connectivity index (χ4v) is 5.94. The van der Waals surface area contributed by atoms with Gasteiger partial charge in [0.25, 0.3) is 5.91 Å². The van der Waals surface area contributed by atoms with Crippen LogP contribution in [0.5, 0.6) is 0 Å². The van der Waals surface area contributed by atoms with Crippen molar-refractivity contribution in [3.63, 3.8) is 0 Å². The van der Waals surface area contributed by atoms with Gasteiger partial charge >= 0.3 is 0 Å². The number of nitrogens with one attached hydrogen (secondary N) is 3. The van der Waals surface area contributed by atoms with Gasteiger partial charge in [0, 0.05) is 51.6 Å². The molecule has 204 valence electrons. The van der Waals surface area contributed by atoms with Crippen LogP contribution in [0.25, 0.3) is 21.8 Å². The second kappa shape index (κ2) is 10.8. The van der Waals surface area contributed by atoms with Crippen molar-refractivity contribution in [3.8, 4) is 0 Å². The molecule has 0 radical (unpaired) electrons. The van der Waals surface area contributed by atoms with Crippen LogP contribution in [0.3, 0.4) is 0 Å². The van der Waals surface area contributed by atoms with Crippen LogP contribution < -0.4 is 10.6 Å². The van der Waals surface area contributed by atoms with E-state index in [-0.39, 0.29) is 24.5 Å². The van der Waals surface area contributed by atoms with E-state index in [1.165, 1.54) is 0 Å². The van der Waals surface area contributed by atoms with Gasteiger partial charge in [0.1, 0.15) is 6.04 Å². The second-order valence-electron chi connectivity index (χ2n) is 10.9. The molecular weight excluding hydrogens is 607 g/mol. The normalized spacial score (nSPS) is 18.3. The van der Waals surface area contributed by atoms with Crippen LogP contribution >= 0.6 is 22.6 Å². The Kier molecular flexibility index (Phi) is 7.62. The number of ether oxygens (including phenoxy) is 1. The zero-order valence-corrected chi connectivity index (χ0v) is 24.9. The molecule has 0 spiro atoms. The van der Waals surface area contributed by atoms with Crippen molar-refractivity contribution in [2.75, 3.05) is 25.0 Å². The van der Waals surface area contributed by atoms with Crippen molar-refractivity contribution in [1.82, 2.24) is 25.2 Å². The largest absolute Gasteiger partial charge is 0.372 e. The van der Waals surface area contributed by atoms with Gasteiger partial charge < -0.3 is 20.4 Å². The molecule has 39 heavy (non-hydrogen) atoms. The molecule has 9 nitrogen and oxygen atoms in total. The number of amides is 2. The summed E-state index contributed by atoms with van der Waals surface area (Å²) < 4.78 is 7.09. The lowest BCUT2D eigenvalue weighted by molar-refractivity contribution is -0.143. The van der Waals surface area contributed by atoms with Crippen LogP contribution in [-0.2, 0) is 9.53 Å². The number of aromatic nitrogens is 3. The van der Waals surface area contributed by atoms with E-state index in [0.717, 1.165) is 36.6 Å². The van der Waals surface area contributed by atoms with Crippen molar-refractivity contribution in [3.05, 3.63) is 63.2 Å². The van der Waals surface area contributed by atoms with Crippen LogP contribution in [0.1, 0.15) is 42.4 Å². The van der Waals surface area contributed by atoms with E-state index in [0.29, 0.717) is 24.3 Å². The third kappa shape index (κ3) is 5.78. The fourth-order valence-electron chi connectivity index (χ4n) is 5.32. The second-order valence-corrected chi connectivity index (χ2v) is 12.1. The first kappa shape index (κ1) is 27.5. The number of hydrogen-bond acceptors (Lipinski definition) is 6. The number of morpholine rings is 1. The van der Waals surface area contributed by atoms with E-state index in [4.69, 9.17) is 4.74 Å². The zero-order chi connectivity index (χ0) is 27.9. The van der Waals surface area contributed by atoms with Gasteiger partial charge in [-0.25, -0.2) is 0 Å². The smallest absolute Gasteiger partial charge is 0.253 e. The molecule has 1 aromatic carbocycles. The molecule has 0 unspecified atom stereocenters. The van der Waals surface area contributed by atoms with Gasteiger partial charge in [-0.05, 0) is 87.0 Å². The van der Waals surface area contributed by atoms with E-state index < -0.39 is 11.6 Å². The minimum atomic E-state index is -0.516. The topological polar surface area (TPSA) is 112 Å². The van der Waals surface area contributed by atoms with Crippen molar-refractivity contribution < 1.29 is 14.3 Å². The molecule has 1 aliphatic rings. The average Bonchev–Trinajstić information content (AvgIpc) is 3.23. The summed E-state index contributed by atoms with van der Waals surface area (Å²) in [5.41, 5.74) is 4.40. The van der Waals surface area contributed by atoms with Crippen LogP contribution in [-0.4, -0.2) is 69.0 Å². The van der Waals surface area contributed by atoms with Crippen LogP contribution in [0.4, 0.5) is 5.69 Å². The molecule has 5 rings (SSSR count). The van der Waals surface area contributed by atoms with Crippen LogP contribution in [0, 0.1) is 17.4 Å². The lowest BCUT2D eigenvalue weighted by atomic mass is 10.0. The zero-order valence-electron chi connectivity index (χ0n) is 22.8. The Balaban J connectivity index is 1.37. The summed E-state index contributed by atoms with van der Waals surface area (Å²) in [6.45, 7) is 11.1. The van der Waals surface area contributed by atoms with E-state index in [9.17, 15) is 9.59 Å². The molecule has 0 bridgehead atoms. The number of carbonyl (C=O) groups is 2. The quantitative estimate of drug-likeness (QED) is 0.267. The molecule has 4 heterocycles. The average molecular weight is 641 g/mol. The highest BCUT2D eigenvalue weighted by molar-refractivity contribution is 14.1. The predicted molar refractivity (Wildman–Crippen MR) is 161 cm³/mol. The number of fused-ring (bicyclic) bond motifs is 3. The Hall–Kier alpha value is -3.09. The number of rotatable bonds is 6. The van der Waals surface area contributed by atoms with Crippen molar-refractivity contribution in [1.29, 1.82) is 0 Å². The summed E-state index contributed by atoms with van der Waals surface area (Å²) in [6, 6.07) is 6.89. The highest BCUT2D eigenvalue weighted by Gasteiger charge is 2.38. The van der Waals surface area contributed by atoms with Gasteiger partial charge in [-0.1, -0.05) is 0 Å². The van der Waals surface area contributed by atoms with Gasteiger partial charge in [-0.15, -0.1) is 0 Å². The minimum absolute atomic E-state index is 0.149. The Labute approximate surface area is 241 Å². The number of aryl methyl sites for hydroxylation is 2. The lowest BCUT2D eigenvalue weighted by Gasteiger charge is -2.43. The van der Waals surface area contributed by atoms with Crippen molar-refractivity contribution in [2.24, 2.45) is 0 Å². The number of H-pyrrole nitrogens is 1. The number of pyridine rings is 2. The first-order valence-electron chi connectivity index (χ1n) is 13.0. The Bertz CT molecular complexity index is 1570. The molecule has 10 heteroatoms. The van der Waals surface area contributed by atoms with E-state index >= 15 is 0 Å². The molecule has 0 saturated carbocycles. The maximum absolute atomic E-state index is 13.7. The fraction of sp³-hybridized carbons (Fsp3) is 0.379. The molecular formula is C29H33IN6O3. The highest BCUT2D eigenvalue weighted by atomic mass is 127. The Morgan fingerprint density at radius 3 is 2.85 bits per heavy atom. The van der Waals surface area contributed by atoms with Gasteiger partial charge in [-0.3, -0.25) is 24.5 Å². The third-order valence-electron chi connectivity index (χ3n) is 7.12.